The first kappa shape index (κ1) is 20.3. The molecule has 4 aromatic rings. The molecule has 3 aromatic carbocycles. The largest absolute Gasteiger partial charge is 0.365 e. The van der Waals surface area contributed by atoms with Gasteiger partial charge in [-0.1, -0.05) is 36.4 Å². The maximum atomic E-state index is 3.65. The lowest BCUT2D eigenvalue weighted by molar-refractivity contribution is 0.389. The van der Waals surface area contributed by atoms with Gasteiger partial charge in [-0.25, -0.2) is 0 Å². The summed E-state index contributed by atoms with van der Waals surface area (Å²) in [5, 5.41) is 6.28. The van der Waals surface area contributed by atoms with E-state index in [4.69, 9.17) is 0 Å². The lowest BCUT2D eigenvalue weighted by Crippen LogP contribution is -2.35. The van der Waals surface area contributed by atoms with E-state index < -0.39 is 0 Å². The molecule has 0 fully saturated rings. The number of likely N-dealkylation sites (N-methyl/N-ethyl adjacent to an activating group) is 1. The number of para-hydroxylation sites is 2. The van der Waals surface area contributed by atoms with E-state index in [-0.39, 0.29) is 6.17 Å². The number of nitrogens with zero attached hydrogens (tertiary/aromatic N) is 3. The first-order valence-electron chi connectivity index (χ1n) is 10.7. The number of hydrogen-bond acceptors (Lipinski definition) is 3. The Labute approximate surface area is 179 Å². The summed E-state index contributed by atoms with van der Waals surface area (Å²) in [6, 6.07) is 24.0. The van der Waals surface area contributed by atoms with Gasteiger partial charge in [-0.3, -0.25) is 0 Å². The molecule has 156 valence electrons. The molecule has 0 aliphatic heterocycles. The number of fused-ring (bicyclic) bond motifs is 3. The molecule has 0 spiro atoms. The minimum atomic E-state index is 0.172. The monoisotopic (exact) mass is 400 g/mol. The molecule has 1 aromatic heterocycles. The number of anilines is 2. The third kappa shape index (κ3) is 3.88. The normalized spacial score (nSPS) is 12.6. The fourth-order valence-corrected chi connectivity index (χ4v) is 4.08. The molecule has 0 saturated carbocycles. The van der Waals surface area contributed by atoms with Crippen molar-refractivity contribution in [3.05, 3.63) is 72.3 Å². The quantitative estimate of drug-likeness (QED) is 0.411. The highest BCUT2D eigenvalue weighted by Crippen LogP contribution is 2.32. The molecule has 4 rings (SSSR count). The zero-order valence-corrected chi connectivity index (χ0v) is 18.7. The van der Waals surface area contributed by atoms with Crippen LogP contribution in [0.1, 0.15) is 12.5 Å². The highest BCUT2D eigenvalue weighted by molar-refractivity contribution is 6.09. The van der Waals surface area contributed by atoms with Crippen LogP contribution in [0, 0.1) is 6.92 Å². The molecule has 0 radical (unpaired) electrons. The van der Waals surface area contributed by atoms with Crippen LogP contribution in [0.25, 0.3) is 21.8 Å². The van der Waals surface area contributed by atoms with Crippen LogP contribution in [0.4, 0.5) is 11.4 Å². The number of aromatic nitrogens is 1. The van der Waals surface area contributed by atoms with Crippen molar-refractivity contribution in [3.63, 3.8) is 0 Å². The smallest absolute Gasteiger partial charge is 0.0958 e. The van der Waals surface area contributed by atoms with Gasteiger partial charge in [-0.15, -0.1) is 0 Å². The number of rotatable bonds is 7. The number of hydrogen-bond donors (Lipinski definition) is 1. The minimum Gasteiger partial charge on any atom is -0.365 e. The minimum absolute atomic E-state index is 0.172. The van der Waals surface area contributed by atoms with Crippen LogP contribution >= 0.6 is 0 Å². The zero-order valence-electron chi connectivity index (χ0n) is 18.7. The Morgan fingerprint density at radius 3 is 2.33 bits per heavy atom. The third-order valence-electron chi connectivity index (χ3n) is 6.02. The van der Waals surface area contributed by atoms with Gasteiger partial charge in [-0.05, 0) is 63.8 Å². The SMILES string of the molecule is Cc1ccccc1NC(C)N(C)c1ccc2c(c1)c1ccccc1n2CCN(C)C. The summed E-state index contributed by atoms with van der Waals surface area (Å²) in [4.78, 5) is 4.54. The molecule has 0 amide bonds. The Hall–Kier alpha value is -2.98. The summed E-state index contributed by atoms with van der Waals surface area (Å²) < 4.78 is 2.45. The molecule has 0 aliphatic carbocycles. The Bertz CT molecular complexity index is 1160. The summed E-state index contributed by atoms with van der Waals surface area (Å²) in [6.45, 7) is 6.35. The van der Waals surface area contributed by atoms with E-state index in [1.54, 1.807) is 0 Å². The summed E-state index contributed by atoms with van der Waals surface area (Å²) in [7, 11) is 6.41. The molecule has 0 saturated heterocycles. The molecular weight excluding hydrogens is 368 g/mol. The van der Waals surface area contributed by atoms with Crippen molar-refractivity contribution >= 4 is 33.2 Å². The Morgan fingerprint density at radius 1 is 0.867 bits per heavy atom. The van der Waals surface area contributed by atoms with Crippen molar-refractivity contribution in [1.82, 2.24) is 9.47 Å². The summed E-state index contributed by atoms with van der Waals surface area (Å²) >= 11 is 0. The van der Waals surface area contributed by atoms with Crippen molar-refractivity contribution < 1.29 is 0 Å². The number of nitrogens with one attached hydrogen (secondary N) is 1. The van der Waals surface area contributed by atoms with Crippen LogP contribution in [-0.2, 0) is 6.54 Å². The van der Waals surface area contributed by atoms with Crippen molar-refractivity contribution in [2.45, 2.75) is 26.6 Å². The molecular formula is C26H32N4. The molecule has 0 bridgehead atoms. The average molecular weight is 401 g/mol. The Kier molecular flexibility index (Phi) is 5.69. The van der Waals surface area contributed by atoms with Crippen molar-refractivity contribution in [3.8, 4) is 0 Å². The standard InChI is InChI=1S/C26H32N4/c1-19-10-6-8-12-24(19)27-20(2)29(5)21-14-15-26-23(18-21)22-11-7-9-13-25(22)30(26)17-16-28(3)4/h6-15,18,20,27H,16-17H2,1-5H3. The maximum absolute atomic E-state index is 3.65. The fraction of sp³-hybridized carbons (Fsp3) is 0.308. The lowest BCUT2D eigenvalue weighted by atomic mass is 10.1. The van der Waals surface area contributed by atoms with Crippen LogP contribution in [0.2, 0.25) is 0 Å². The van der Waals surface area contributed by atoms with E-state index in [1.165, 1.54) is 38.7 Å². The van der Waals surface area contributed by atoms with Gasteiger partial charge in [0, 0.05) is 53.3 Å². The summed E-state index contributed by atoms with van der Waals surface area (Å²) in [5.41, 5.74) is 6.26. The lowest BCUT2D eigenvalue weighted by Gasteiger charge is -2.29. The molecule has 1 unspecified atom stereocenters. The molecule has 1 atom stereocenters. The van der Waals surface area contributed by atoms with Crippen LogP contribution in [-0.4, -0.2) is 43.3 Å². The second-order valence-electron chi connectivity index (χ2n) is 8.42. The Balaban J connectivity index is 1.69. The number of aryl methyl sites for hydroxylation is 1. The van der Waals surface area contributed by atoms with Gasteiger partial charge >= 0.3 is 0 Å². The van der Waals surface area contributed by atoms with Gasteiger partial charge in [0.05, 0.1) is 6.17 Å². The van der Waals surface area contributed by atoms with Crippen molar-refractivity contribution in [2.24, 2.45) is 0 Å². The highest BCUT2D eigenvalue weighted by Gasteiger charge is 2.15. The first-order valence-corrected chi connectivity index (χ1v) is 10.7. The van der Waals surface area contributed by atoms with Crippen LogP contribution in [0.15, 0.2) is 66.7 Å². The molecule has 1 N–H and O–H groups in total. The average Bonchev–Trinajstić information content (AvgIpc) is 3.06. The number of benzene rings is 3. The molecule has 4 heteroatoms. The van der Waals surface area contributed by atoms with Crippen LogP contribution in [0.3, 0.4) is 0 Å². The van der Waals surface area contributed by atoms with Crippen LogP contribution in [0.5, 0.6) is 0 Å². The predicted molar refractivity (Wildman–Crippen MR) is 131 cm³/mol. The fourth-order valence-electron chi connectivity index (χ4n) is 4.08. The van der Waals surface area contributed by atoms with Gasteiger partial charge in [-0.2, -0.15) is 0 Å². The zero-order chi connectivity index (χ0) is 21.3. The van der Waals surface area contributed by atoms with E-state index in [1.807, 2.05) is 0 Å². The van der Waals surface area contributed by atoms with Crippen molar-refractivity contribution in [1.29, 1.82) is 0 Å². The summed E-state index contributed by atoms with van der Waals surface area (Å²) in [5.74, 6) is 0. The molecule has 0 aliphatic rings. The predicted octanol–water partition coefficient (Wildman–Crippen LogP) is 5.56. The molecule has 4 nitrogen and oxygen atoms in total. The van der Waals surface area contributed by atoms with E-state index in [0.717, 1.165) is 13.1 Å². The van der Waals surface area contributed by atoms with Gasteiger partial charge in [0.2, 0.25) is 0 Å². The second-order valence-corrected chi connectivity index (χ2v) is 8.42. The van der Waals surface area contributed by atoms with Crippen LogP contribution < -0.4 is 10.2 Å². The topological polar surface area (TPSA) is 23.4 Å². The van der Waals surface area contributed by atoms with Gasteiger partial charge in [0.1, 0.15) is 0 Å². The molecule has 1 heterocycles. The first-order chi connectivity index (χ1) is 14.5. The summed E-state index contributed by atoms with van der Waals surface area (Å²) in [6.07, 6.45) is 0.172. The Morgan fingerprint density at radius 2 is 1.57 bits per heavy atom. The van der Waals surface area contributed by atoms with E-state index in [9.17, 15) is 0 Å². The second kappa shape index (κ2) is 8.41. The molecule has 30 heavy (non-hydrogen) atoms. The highest BCUT2D eigenvalue weighted by atomic mass is 15.2. The third-order valence-corrected chi connectivity index (χ3v) is 6.02. The van der Waals surface area contributed by atoms with Gasteiger partial charge in [0.25, 0.3) is 0 Å². The van der Waals surface area contributed by atoms with Gasteiger partial charge < -0.3 is 19.7 Å². The van der Waals surface area contributed by atoms with E-state index >= 15 is 0 Å². The van der Waals surface area contributed by atoms with E-state index in [0.29, 0.717) is 0 Å². The van der Waals surface area contributed by atoms with Crippen molar-refractivity contribution in [2.75, 3.05) is 37.9 Å². The van der Waals surface area contributed by atoms with Gasteiger partial charge in [0.15, 0.2) is 0 Å². The van der Waals surface area contributed by atoms with E-state index in [2.05, 4.69) is 121 Å². The maximum Gasteiger partial charge on any atom is 0.0958 e.